The van der Waals surface area contributed by atoms with Crippen LogP contribution in [0.4, 0.5) is 5.82 Å². The van der Waals surface area contributed by atoms with Crippen LogP contribution in [0.2, 0.25) is 0 Å². The summed E-state index contributed by atoms with van der Waals surface area (Å²) in [6.45, 7) is 11.4. The zero-order valence-electron chi connectivity index (χ0n) is 13.7. The normalized spacial score (nSPS) is 11.8. The standard InChI is InChI=1S/C15H26N6/c1-6-8-21(11(3)4)10-13-18-14(16-7-2)12-9-17-20(5)15(12)19-13/h9,11H,6-8,10H2,1-5H3,(H,16,18,19). The van der Waals surface area contributed by atoms with Gasteiger partial charge in [-0.15, -0.1) is 0 Å². The predicted molar refractivity (Wildman–Crippen MR) is 86.3 cm³/mol. The molecule has 0 saturated heterocycles. The number of anilines is 1. The molecule has 0 aromatic carbocycles. The molecule has 1 N–H and O–H groups in total. The Hall–Kier alpha value is -1.69. The van der Waals surface area contributed by atoms with Gasteiger partial charge in [-0.2, -0.15) is 5.10 Å². The highest BCUT2D eigenvalue weighted by molar-refractivity contribution is 5.86. The number of fused-ring (bicyclic) bond motifs is 1. The van der Waals surface area contributed by atoms with E-state index < -0.39 is 0 Å². The van der Waals surface area contributed by atoms with E-state index >= 15 is 0 Å². The molecule has 0 saturated carbocycles. The van der Waals surface area contributed by atoms with Crippen molar-refractivity contribution in [2.45, 2.75) is 46.7 Å². The van der Waals surface area contributed by atoms with Crippen molar-refractivity contribution < 1.29 is 0 Å². The van der Waals surface area contributed by atoms with Gasteiger partial charge in [-0.1, -0.05) is 6.92 Å². The van der Waals surface area contributed by atoms with Crippen LogP contribution in [0.25, 0.3) is 11.0 Å². The van der Waals surface area contributed by atoms with Crippen LogP contribution in [0.15, 0.2) is 6.20 Å². The summed E-state index contributed by atoms with van der Waals surface area (Å²) < 4.78 is 1.81. The lowest BCUT2D eigenvalue weighted by Crippen LogP contribution is -2.31. The average Bonchev–Trinajstić information content (AvgIpc) is 2.81. The number of nitrogens with one attached hydrogen (secondary N) is 1. The Balaban J connectivity index is 2.36. The minimum absolute atomic E-state index is 0.485. The minimum atomic E-state index is 0.485. The number of hydrogen-bond acceptors (Lipinski definition) is 5. The molecule has 0 atom stereocenters. The first-order valence-electron chi connectivity index (χ1n) is 7.73. The Kier molecular flexibility index (Phi) is 5.12. The summed E-state index contributed by atoms with van der Waals surface area (Å²) in [6.07, 6.45) is 2.95. The third kappa shape index (κ3) is 3.50. The fraction of sp³-hybridized carbons (Fsp3) is 0.667. The van der Waals surface area contributed by atoms with Crippen LogP contribution in [-0.2, 0) is 13.6 Å². The van der Waals surface area contributed by atoms with E-state index in [0.29, 0.717) is 6.04 Å². The van der Waals surface area contributed by atoms with Crippen LogP contribution >= 0.6 is 0 Å². The van der Waals surface area contributed by atoms with Gasteiger partial charge in [-0.05, 0) is 33.7 Å². The minimum Gasteiger partial charge on any atom is -0.370 e. The highest BCUT2D eigenvalue weighted by Crippen LogP contribution is 2.20. The van der Waals surface area contributed by atoms with E-state index in [1.165, 1.54) is 0 Å². The number of aryl methyl sites for hydroxylation is 1. The molecule has 2 aromatic rings. The van der Waals surface area contributed by atoms with Crippen molar-refractivity contribution in [3.63, 3.8) is 0 Å². The lowest BCUT2D eigenvalue weighted by atomic mass is 10.3. The quantitative estimate of drug-likeness (QED) is 0.848. The molecule has 2 aromatic heterocycles. The molecule has 2 heterocycles. The number of aromatic nitrogens is 4. The molecule has 0 radical (unpaired) electrons. The zero-order valence-corrected chi connectivity index (χ0v) is 13.7. The molecule has 0 aliphatic rings. The van der Waals surface area contributed by atoms with E-state index in [9.17, 15) is 0 Å². The molecule has 0 unspecified atom stereocenters. The highest BCUT2D eigenvalue weighted by atomic mass is 15.3. The molecular weight excluding hydrogens is 264 g/mol. The third-order valence-electron chi connectivity index (χ3n) is 3.57. The number of hydrogen-bond donors (Lipinski definition) is 1. The average molecular weight is 290 g/mol. The summed E-state index contributed by atoms with van der Waals surface area (Å²) in [7, 11) is 1.92. The maximum absolute atomic E-state index is 4.69. The van der Waals surface area contributed by atoms with Gasteiger partial charge >= 0.3 is 0 Å². The summed E-state index contributed by atoms with van der Waals surface area (Å²) in [5.41, 5.74) is 0.885. The zero-order chi connectivity index (χ0) is 15.4. The Bertz CT molecular complexity index is 589. The topological polar surface area (TPSA) is 58.9 Å². The molecule has 0 aliphatic heterocycles. The summed E-state index contributed by atoms with van der Waals surface area (Å²) in [4.78, 5) is 11.8. The second-order valence-corrected chi connectivity index (χ2v) is 5.59. The molecule has 0 aliphatic carbocycles. The molecule has 6 nitrogen and oxygen atoms in total. The van der Waals surface area contributed by atoms with E-state index in [-0.39, 0.29) is 0 Å². The molecular formula is C15H26N6. The Morgan fingerprint density at radius 1 is 1.29 bits per heavy atom. The van der Waals surface area contributed by atoms with Crippen LogP contribution in [-0.4, -0.2) is 43.8 Å². The Morgan fingerprint density at radius 2 is 2.05 bits per heavy atom. The van der Waals surface area contributed by atoms with Crippen LogP contribution in [0, 0.1) is 0 Å². The molecule has 21 heavy (non-hydrogen) atoms. The van der Waals surface area contributed by atoms with Gasteiger partial charge in [0.15, 0.2) is 5.65 Å². The van der Waals surface area contributed by atoms with Gasteiger partial charge < -0.3 is 5.32 Å². The van der Waals surface area contributed by atoms with Crippen LogP contribution in [0.5, 0.6) is 0 Å². The Labute approximate surface area is 126 Å². The maximum Gasteiger partial charge on any atom is 0.163 e. The SMILES string of the molecule is CCCN(Cc1nc(NCC)c2cnn(C)c2n1)C(C)C. The van der Waals surface area contributed by atoms with Crippen LogP contribution in [0.1, 0.15) is 39.9 Å². The van der Waals surface area contributed by atoms with E-state index in [1.807, 2.05) is 13.2 Å². The van der Waals surface area contributed by atoms with Gasteiger partial charge in [0.2, 0.25) is 0 Å². The summed E-state index contributed by atoms with van der Waals surface area (Å²) in [6, 6.07) is 0.485. The first kappa shape index (κ1) is 15.7. The first-order chi connectivity index (χ1) is 10.1. The molecule has 0 bridgehead atoms. The van der Waals surface area contributed by atoms with Crippen molar-refractivity contribution in [3.8, 4) is 0 Å². The van der Waals surface area contributed by atoms with E-state index in [2.05, 4.69) is 48.0 Å². The smallest absolute Gasteiger partial charge is 0.163 e. The molecule has 2 rings (SSSR count). The second kappa shape index (κ2) is 6.85. The van der Waals surface area contributed by atoms with E-state index in [1.54, 1.807) is 4.68 Å². The predicted octanol–water partition coefficient (Wildman–Crippen LogP) is 2.42. The first-order valence-corrected chi connectivity index (χ1v) is 7.73. The van der Waals surface area contributed by atoms with Crippen molar-refractivity contribution in [3.05, 3.63) is 12.0 Å². The molecule has 0 spiro atoms. The van der Waals surface area contributed by atoms with Gasteiger partial charge in [-0.3, -0.25) is 9.58 Å². The van der Waals surface area contributed by atoms with Crippen LogP contribution < -0.4 is 5.32 Å². The largest absolute Gasteiger partial charge is 0.370 e. The van der Waals surface area contributed by atoms with Gasteiger partial charge in [0.05, 0.1) is 18.1 Å². The molecule has 6 heteroatoms. The highest BCUT2D eigenvalue weighted by Gasteiger charge is 2.15. The number of nitrogens with zero attached hydrogens (tertiary/aromatic N) is 5. The summed E-state index contributed by atoms with van der Waals surface area (Å²) in [5.74, 6) is 1.73. The Morgan fingerprint density at radius 3 is 2.67 bits per heavy atom. The van der Waals surface area contributed by atoms with Crippen molar-refractivity contribution in [2.24, 2.45) is 7.05 Å². The van der Waals surface area contributed by atoms with Crippen molar-refractivity contribution in [2.75, 3.05) is 18.4 Å². The molecule has 116 valence electrons. The maximum atomic E-state index is 4.69. The summed E-state index contributed by atoms with van der Waals surface area (Å²) in [5, 5.41) is 8.59. The lowest BCUT2D eigenvalue weighted by molar-refractivity contribution is 0.208. The summed E-state index contributed by atoms with van der Waals surface area (Å²) >= 11 is 0. The van der Waals surface area contributed by atoms with E-state index in [4.69, 9.17) is 4.98 Å². The second-order valence-electron chi connectivity index (χ2n) is 5.59. The lowest BCUT2D eigenvalue weighted by Gasteiger charge is -2.25. The van der Waals surface area contributed by atoms with E-state index in [0.717, 1.165) is 48.7 Å². The molecule has 0 amide bonds. The van der Waals surface area contributed by atoms with Crippen molar-refractivity contribution >= 4 is 16.9 Å². The van der Waals surface area contributed by atoms with Gasteiger partial charge in [0.1, 0.15) is 11.6 Å². The monoisotopic (exact) mass is 290 g/mol. The van der Waals surface area contributed by atoms with Gasteiger partial charge in [0, 0.05) is 19.6 Å². The van der Waals surface area contributed by atoms with Crippen molar-refractivity contribution in [1.29, 1.82) is 0 Å². The van der Waals surface area contributed by atoms with Crippen molar-refractivity contribution in [1.82, 2.24) is 24.6 Å². The fourth-order valence-corrected chi connectivity index (χ4v) is 2.43. The number of rotatable bonds is 7. The van der Waals surface area contributed by atoms with Crippen LogP contribution in [0.3, 0.4) is 0 Å². The van der Waals surface area contributed by atoms with Gasteiger partial charge in [-0.25, -0.2) is 9.97 Å². The van der Waals surface area contributed by atoms with Gasteiger partial charge in [0.25, 0.3) is 0 Å². The molecule has 0 fully saturated rings. The third-order valence-corrected chi connectivity index (χ3v) is 3.57. The fourth-order valence-electron chi connectivity index (χ4n) is 2.43.